The van der Waals surface area contributed by atoms with Crippen LogP contribution in [0.2, 0.25) is 0 Å². The Hall–Kier alpha value is -2.89. The van der Waals surface area contributed by atoms with Crippen LogP contribution in [-0.4, -0.2) is 43.6 Å². The zero-order valence-electron chi connectivity index (χ0n) is 15.8. The molecule has 2 aromatic heterocycles. The molecule has 0 bridgehead atoms. The molecule has 6 heteroatoms. The smallest absolute Gasteiger partial charge is 0.245 e. The van der Waals surface area contributed by atoms with Gasteiger partial charge < -0.3 is 9.47 Å². The average Bonchev–Trinajstić information content (AvgIpc) is 3.37. The van der Waals surface area contributed by atoms with Crippen molar-refractivity contribution in [1.29, 1.82) is 0 Å². The van der Waals surface area contributed by atoms with Crippen LogP contribution in [0.4, 0.5) is 0 Å². The lowest BCUT2D eigenvalue weighted by atomic mass is 9.89. The Balaban J connectivity index is 1.44. The highest BCUT2D eigenvalue weighted by Gasteiger charge is 2.29. The molecule has 1 amide bonds. The minimum Gasteiger partial charge on any atom is -0.341 e. The summed E-state index contributed by atoms with van der Waals surface area (Å²) < 4.78 is 1.94. The van der Waals surface area contributed by atoms with Gasteiger partial charge in [0.05, 0.1) is 6.20 Å². The molecule has 0 aliphatic carbocycles. The van der Waals surface area contributed by atoms with Gasteiger partial charge in [0.2, 0.25) is 5.91 Å². The standard InChI is InChI=1S/C21H25N5O/c1-15(26-13-10-22-16(26)2)21(27)25-11-8-18(9-12-25)20-19(14-23-24-20)17-6-4-3-5-7-17/h3-7,10,13-15,18H,8-9,11-12H2,1-2H3,(H,23,24)/t15-/m1/s1. The zero-order valence-corrected chi connectivity index (χ0v) is 15.8. The SMILES string of the molecule is Cc1nccn1[C@H](C)C(=O)N1CCC(c2[nH]ncc2-c2ccccc2)CC1. The number of H-pyrrole nitrogens is 1. The minimum absolute atomic E-state index is 0.169. The summed E-state index contributed by atoms with van der Waals surface area (Å²) in [5.74, 6) is 1.44. The van der Waals surface area contributed by atoms with E-state index in [9.17, 15) is 4.79 Å². The number of carbonyl (C=O) groups excluding carboxylic acids is 1. The molecule has 6 nitrogen and oxygen atoms in total. The predicted molar refractivity (Wildman–Crippen MR) is 104 cm³/mol. The number of imidazole rings is 1. The summed E-state index contributed by atoms with van der Waals surface area (Å²) in [6.07, 6.45) is 7.43. The maximum absolute atomic E-state index is 12.9. The first-order chi connectivity index (χ1) is 13.1. The van der Waals surface area contributed by atoms with Crippen molar-refractivity contribution in [2.75, 3.05) is 13.1 Å². The number of hydrogen-bond donors (Lipinski definition) is 1. The van der Waals surface area contributed by atoms with Crippen LogP contribution in [0.1, 0.15) is 43.2 Å². The van der Waals surface area contributed by atoms with Gasteiger partial charge >= 0.3 is 0 Å². The number of aromatic nitrogens is 4. The largest absolute Gasteiger partial charge is 0.341 e. The Labute approximate surface area is 159 Å². The number of benzene rings is 1. The van der Waals surface area contributed by atoms with Gasteiger partial charge in [0.25, 0.3) is 0 Å². The van der Waals surface area contributed by atoms with Crippen molar-refractivity contribution in [3.8, 4) is 11.1 Å². The summed E-state index contributed by atoms with van der Waals surface area (Å²) in [6.45, 7) is 5.43. The summed E-state index contributed by atoms with van der Waals surface area (Å²) in [5.41, 5.74) is 3.54. The second-order valence-corrected chi connectivity index (χ2v) is 7.22. The average molecular weight is 363 g/mol. The van der Waals surface area contributed by atoms with Crippen molar-refractivity contribution in [3.63, 3.8) is 0 Å². The molecule has 27 heavy (non-hydrogen) atoms. The molecule has 1 aliphatic rings. The topological polar surface area (TPSA) is 66.8 Å². The molecule has 3 heterocycles. The first kappa shape index (κ1) is 17.5. The van der Waals surface area contributed by atoms with Crippen LogP contribution in [0.15, 0.2) is 48.9 Å². The maximum atomic E-state index is 12.9. The zero-order chi connectivity index (χ0) is 18.8. The number of aromatic amines is 1. The quantitative estimate of drug-likeness (QED) is 0.771. The van der Waals surface area contributed by atoms with E-state index in [2.05, 4.69) is 27.3 Å². The van der Waals surface area contributed by atoms with E-state index < -0.39 is 0 Å². The molecule has 3 aromatic rings. The molecule has 0 spiro atoms. The Bertz CT molecular complexity index is 906. The molecule has 0 saturated carbocycles. The molecule has 1 N–H and O–H groups in total. The minimum atomic E-state index is -0.212. The molecule has 1 atom stereocenters. The number of carbonyl (C=O) groups is 1. The van der Waals surface area contributed by atoms with Crippen LogP contribution in [0, 0.1) is 6.92 Å². The predicted octanol–water partition coefficient (Wildman–Crippen LogP) is 3.55. The van der Waals surface area contributed by atoms with E-state index in [4.69, 9.17) is 0 Å². The van der Waals surface area contributed by atoms with E-state index >= 15 is 0 Å². The van der Waals surface area contributed by atoms with E-state index in [0.29, 0.717) is 5.92 Å². The van der Waals surface area contributed by atoms with Crippen LogP contribution in [0.3, 0.4) is 0 Å². The summed E-state index contributed by atoms with van der Waals surface area (Å²) in [4.78, 5) is 19.1. The molecule has 0 radical (unpaired) electrons. The maximum Gasteiger partial charge on any atom is 0.245 e. The van der Waals surface area contributed by atoms with Crippen molar-refractivity contribution in [2.24, 2.45) is 0 Å². The van der Waals surface area contributed by atoms with Crippen LogP contribution in [0.25, 0.3) is 11.1 Å². The van der Waals surface area contributed by atoms with E-state index in [-0.39, 0.29) is 11.9 Å². The first-order valence-electron chi connectivity index (χ1n) is 9.52. The van der Waals surface area contributed by atoms with E-state index in [0.717, 1.165) is 31.8 Å². The number of piperidine rings is 1. The van der Waals surface area contributed by atoms with Crippen LogP contribution >= 0.6 is 0 Å². The third-order valence-electron chi connectivity index (χ3n) is 5.61. The van der Waals surface area contributed by atoms with Crippen molar-refractivity contribution in [2.45, 2.75) is 38.6 Å². The number of rotatable bonds is 4. The van der Waals surface area contributed by atoms with Gasteiger partial charge in [-0.05, 0) is 32.3 Å². The molecule has 0 unspecified atom stereocenters. The molecule has 1 aliphatic heterocycles. The molecule has 1 fully saturated rings. The van der Waals surface area contributed by atoms with Crippen molar-refractivity contribution < 1.29 is 4.79 Å². The number of hydrogen-bond acceptors (Lipinski definition) is 3. The highest BCUT2D eigenvalue weighted by molar-refractivity contribution is 5.80. The fourth-order valence-electron chi connectivity index (χ4n) is 4.02. The van der Waals surface area contributed by atoms with Crippen molar-refractivity contribution in [3.05, 3.63) is 60.4 Å². The highest BCUT2D eigenvalue weighted by atomic mass is 16.2. The normalized spacial score (nSPS) is 16.4. The highest BCUT2D eigenvalue weighted by Crippen LogP contribution is 2.34. The number of amides is 1. The van der Waals surface area contributed by atoms with Gasteiger partial charge in [-0.15, -0.1) is 0 Å². The molecule has 1 saturated heterocycles. The lowest BCUT2D eigenvalue weighted by molar-refractivity contribution is -0.135. The fraction of sp³-hybridized carbons (Fsp3) is 0.381. The summed E-state index contributed by atoms with van der Waals surface area (Å²) in [5, 5.41) is 7.49. The van der Waals surface area contributed by atoms with Crippen LogP contribution in [-0.2, 0) is 4.79 Å². The second-order valence-electron chi connectivity index (χ2n) is 7.22. The van der Waals surface area contributed by atoms with Crippen LogP contribution in [0.5, 0.6) is 0 Å². The summed E-state index contributed by atoms with van der Waals surface area (Å²) in [7, 11) is 0. The van der Waals surface area contributed by atoms with E-state index in [1.54, 1.807) is 6.20 Å². The van der Waals surface area contributed by atoms with Gasteiger partial charge in [-0.3, -0.25) is 9.89 Å². The van der Waals surface area contributed by atoms with Gasteiger partial charge in [0.1, 0.15) is 11.9 Å². The van der Waals surface area contributed by atoms with Crippen LogP contribution < -0.4 is 0 Å². The lowest BCUT2D eigenvalue weighted by Crippen LogP contribution is -2.41. The molecular weight excluding hydrogens is 338 g/mol. The monoisotopic (exact) mass is 363 g/mol. The Kier molecular flexibility index (Phi) is 4.79. The molecule has 1 aromatic carbocycles. The van der Waals surface area contributed by atoms with Crippen molar-refractivity contribution >= 4 is 5.91 Å². The lowest BCUT2D eigenvalue weighted by Gasteiger charge is -2.34. The molecule has 4 rings (SSSR count). The van der Waals surface area contributed by atoms with Gasteiger partial charge in [-0.25, -0.2) is 4.98 Å². The Morgan fingerprint density at radius 2 is 1.96 bits per heavy atom. The summed E-state index contributed by atoms with van der Waals surface area (Å²) in [6, 6.07) is 10.1. The third kappa shape index (κ3) is 3.39. The van der Waals surface area contributed by atoms with E-state index in [1.807, 2.05) is 53.9 Å². The van der Waals surface area contributed by atoms with Gasteiger partial charge in [0, 0.05) is 42.7 Å². The number of likely N-dealkylation sites (tertiary alicyclic amines) is 1. The fourth-order valence-corrected chi connectivity index (χ4v) is 4.02. The Morgan fingerprint density at radius 1 is 1.22 bits per heavy atom. The Morgan fingerprint density at radius 3 is 2.63 bits per heavy atom. The van der Waals surface area contributed by atoms with E-state index in [1.165, 1.54) is 16.8 Å². The van der Waals surface area contributed by atoms with Gasteiger partial charge in [-0.2, -0.15) is 5.10 Å². The second kappa shape index (κ2) is 7.39. The van der Waals surface area contributed by atoms with Gasteiger partial charge in [-0.1, -0.05) is 30.3 Å². The number of nitrogens with one attached hydrogen (secondary N) is 1. The summed E-state index contributed by atoms with van der Waals surface area (Å²) >= 11 is 0. The molecular formula is C21H25N5O. The third-order valence-corrected chi connectivity index (χ3v) is 5.61. The molecule has 140 valence electrons. The van der Waals surface area contributed by atoms with Crippen molar-refractivity contribution in [1.82, 2.24) is 24.6 Å². The van der Waals surface area contributed by atoms with Gasteiger partial charge in [0.15, 0.2) is 0 Å². The number of nitrogens with zero attached hydrogens (tertiary/aromatic N) is 4. The number of aryl methyl sites for hydroxylation is 1. The first-order valence-corrected chi connectivity index (χ1v) is 9.52.